The maximum atomic E-state index is 13.2. The zero-order valence-electron chi connectivity index (χ0n) is 12.4. The molecule has 1 aromatic heterocycles. The molecular formula is C15H10F4O5. The lowest BCUT2D eigenvalue weighted by Crippen LogP contribution is -2.16. The van der Waals surface area contributed by atoms with Crippen molar-refractivity contribution < 1.29 is 41.0 Å². The molecule has 2 rings (SSSR count). The summed E-state index contributed by atoms with van der Waals surface area (Å²) in [5.74, 6) is -5.56. The fraction of sp³-hybridized carbons (Fsp3) is 0.200. The van der Waals surface area contributed by atoms with E-state index in [1.807, 2.05) is 0 Å². The maximum Gasteiger partial charge on any atom is 0.450 e. The summed E-state index contributed by atoms with van der Waals surface area (Å²) in [6.45, 7) is 0. The normalized spacial score (nSPS) is 11.2. The van der Waals surface area contributed by atoms with Crippen LogP contribution in [0.25, 0.3) is 11.3 Å². The smallest absolute Gasteiger partial charge is 0.450 e. The van der Waals surface area contributed by atoms with Crippen LogP contribution in [0.2, 0.25) is 0 Å². The van der Waals surface area contributed by atoms with Gasteiger partial charge in [0.1, 0.15) is 22.7 Å². The van der Waals surface area contributed by atoms with Crippen LogP contribution < -0.4 is 0 Å². The number of carbonyl (C=O) groups excluding carboxylic acids is 2. The second-order valence-corrected chi connectivity index (χ2v) is 4.50. The van der Waals surface area contributed by atoms with Crippen LogP contribution in [0, 0.1) is 5.82 Å². The van der Waals surface area contributed by atoms with Gasteiger partial charge in [-0.1, -0.05) is 0 Å². The third-order valence-electron chi connectivity index (χ3n) is 3.05. The Hall–Kier alpha value is -2.84. The van der Waals surface area contributed by atoms with Crippen LogP contribution in [0.1, 0.15) is 26.5 Å². The van der Waals surface area contributed by atoms with Gasteiger partial charge in [0, 0.05) is 5.56 Å². The van der Waals surface area contributed by atoms with Crippen molar-refractivity contribution in [3.8, 4) is 11.3 Å². The van der Waals surface area contributed by atoms with Gasteiger partial charge < -0.3 is 13.9 Å². The molecule has 1 aromatic carbocycles. The van der Waals surface area contributed by atoms with Crippen molar-refractivity contribution in [1.29, 1.82) is 0 Å². The largest absolute Gasteiger partial charge is 0.465 e. The first kappa shape index (κ1) is 17.5. The lowest BCUT2D eigenvalue weighted by molar-refractivity contribution is -0.153. The van der Waals surface area contributed by atoms with E-state index in [2.05, 4.69) is 9.47 Å². The van der Waals surface area contributed by atoms with E-state index in [0.29, 0.717) is 0 Å². The van der Waals surface area contributed by atoms with Crippen LogP contribution in [0.4, 0.5) is 17.6 Å². The summed E-state index contributed by atoms with van der Waals surface area (Å²) in [7, 11) is 1.78. The van der Waals surface area contributed by atoms with E-state index in [4.69, 9.17) is 4.42 Å². The maximum absolute atomic E-state index is 13.2. The third kappa shape index (κ3) is 3.10. The molecule has 0 N–H and O–H groups in total. The Morgan fingerprint density at radius 3 is 1.92 bits per heavy atom. The van der Waals surface area contributed by atoms with Crippen molar-refractivity contribution in [1.82, 2.24) is 0 Å². The van der Waals surface area contributed by atoms with Gasteiger partial charge in [-0.05, 0) is 24.3 Å². The molecule has 5 nitrogen and oxygen atoms in total. The predicted octanol–water partition coefficient (Wildman–Crippen LogP) is 3.68. The van der Waals surface area contributed by atoms with Crippen molar-refractivity contribution in [3.05, 3.63) is 47.0 Å². The SMILES string of the molecule is COC(=O)c1c(-c2ccc(F)cc2)oc(C(F)(F)F)c1C(=O)OC. The molecule has 9 heteroatoms. The lowest BCUT2D eigenvalue weighted by atomic mass is 10.0. The molecule has 24 heavy (non-hydrogen) atoms. The van der Waals surface area contributed by atoms with Gasteiger partial charge in [0.15, 0.2) is 0 Å². The van der Waals surface area contributed by atoms with E-state index in [1.54, 1.807) is 0 Å². The van der Waals surface area contributed by atoms with E-state index < -0.39 is 46.6 Å². The number of furan rings is 1. The fourth-order valence-corrected chi connectivity index (χ4v) is 2.03. The quantitative estimate of drug-likeness (QED) is 0.627. The molecular weight excluding hydrogens is 336 g/mol. The first-order valence-electron chi connectivity index (χ1n) is 6.37. The topological polar surface area (TPSA) is 65.7 Å². The number of carbonyl (C=O) groups is 2. The first-order valence-corrected chi connectivity index (χ1v) is 6.37. The standard InChI is InChI=1S/C15H10F4O5/c1-22-13(20)9-10(14(21)23-2)12(15(17,18)19)24-11(9)7-3-5-8(16)6-4-7/h3-6H,1-2H3. The average Bonchev–Trinajstić information content (AvgIpc) is 2.94. The molecule has 0 spiro atoms. The molecule has 0 bridgehead atoms. The van der Waals surface area contributed by atoms with E-state index in [0.717, 1.165) is 38.5 Å². The van der Waals surface area contributed by atoms with Gasteiger partial charge in [0.05, 0.1) is 14.2 Å². The van der Waals surface area contributed by atoms with E-state index >= 15 is 0 Å². The minimum atomic E-state index is -5.06. The van der Waals surface area contributed by atoms with Crippen LogP contribution in [-0.2, 0) is 15.7 Å². The molecule has 0 radical (unpaired) electrons. The predicted molar refractivity (Wildman–Crippen MR) is 71.8 cm³/mol. The second-order valence-electron chi connectivity index (χ2n) is 4.50. The average molecular weight is 346 g/mol. The number of hydrogen-bond donors (Lipinski definition) is 0. The molecule has 0 atom stereocenters. The summed E-state index contributed by atoms with van der Waals surface area (Å²) in [6.07, 6.45) is -5.06. The van der Waals surface area contributed by atoms with Crippen molar-refractivity contribution in [3.63, 3.8) is 0 Å². The zero-order valence-corrected chi connectivity index (χ0v) is 12.4. The highest BCUT2D eigenvalue weighted by Gasteiger charge is 2.45. The van der Waals surface area contributed by atoms with Crippen LogP contribution in [0.3, 0.4) is 0 Å². The number of rotatable bonds is 3. The number of hydrogen-bond acceptors (Lipinski definition) is 5. The van der Waals surface area contributed by atoms with Gasteiger partial charge >= 0.3 is 18.1 Å². The summed E-state index contributed by atoms with van der Waals surface area (Å²) in [4.78, 5) is 23.7. The molecule has 2 aromatic rings. The number of halogens is 4. The Bertz CT molecular complexity index is 774. The number of esters is 2. The fourth-order valence-electron chi connectivity index (χ4n) is 2.03. The van der Waals surface area contributed by atoms with Crippen molar-refractivity contribution in [2.24, 2.45) is 0 Å². The Kier molecular flexibility index (Phi) is 4.63. The number of alkyl halides is 3. The van der Waals surface area contributed by atoms with Crippen LogP contribution in [0.5, 0.6) is 0 Å². The summed E-state index contributed by atoms with van der Waals surface area (Å²) in [5, 5.41) is 0. The van der Waals surface area contributed by atoms with Crippen molar-refractivity contribution in [2.45, 2.75) is 6.18 Å². The third-order valence-corrected chi connectivity index (χ3v) is 3.05. The van der Waals surface area contributed by atoms with Crippen LogP contribution in [-0.4, -0.2) is 26.2 Å². The number of benzene rings is 1. The minimum Gasteiger partial charge on any atom is -0.465 e. The number of ether oxygens (including phenoxy) is 2. The molecule has 1 heterocycles. The first-order chi connectivity index (χ1) is 11.2. The van der Waals surface area contributed by atoms with Crippen molar-refractivity contribution in [2.75, 3.05) is 14.2 Å². The van der Waals surface area contributed by atoms with Gasteiger partial charge in [-0.3, -0.25) is 0 Å². The van der Waals surface area contributed by atoms with Gasteiger partial charge in [-0.2, -0.15) is 13.2 Å². The second kappa shape index (κ2) is 6.34. The molecule has 0 aliphatic carbocycles. The van der Waals surface area contributed by atoms with E-state index in [1.165, 1.54) is 0 Å². The van der Waals surface area contributed by atoms with Crippen LogP contribution >= 0.6 is 0 Å². The molecule has 0 aliphatic heterocycles. The van der Waals surface area contributed by atoms with Crippen molar-refractivity contribution >= 4 is 11.9 Å². The lowest BCUT2D eigenvalue weighted by Gasteiger charge is -2.05. The van der Waals surface area contributed by atoms with E-state index in [-0.39, 0.29) is 5.56 Å². The Balaban J connectivity index is 2.83. The van der Waals surface area contributed by atoms with Gasteiger partial charge in [0.25, 0.3) is 0 Å². The number of methoxy groups -OCH3 is 2. The molecule has 0 saturated carbocycles. The molecule has 0 saturated heterocycles. The monoisotopic (exact) mass is 346 g/mol. The van der Waals surface area contributed by atoms with Gasteiger partial charge in [-0.15, -0.1) is 0 Å². The highest BCUT2D eigenvalue weighted by Crippen LogP contribution is 2.41. The highest BCUT2D eigenvalue weighted by atomic mass is 19.4. The van der Waals surface area contributed by atoms with Gasteiger partial charge in [0.2, 0.25) is 5.76 Å². The summed E-state index contributed by atoms with van der Waals surface area (Å²) in [5.41, 5.74) is -1.89. The molecule has 128 valence electrons. The zero-order chi connectivity index (χ0) is 18.1. The molecule has 0 amide bonds. The summed E-state index contributed by atoms with van der Waals surface area (Å²) >= 11 is 0. The highest BCUT2D eigenvalue weighted by molar-refractivity contribution is 6.08. The Labute approximate surface area is 132 Å². The summed E-state index contributed by atoms with van der Waals surface area (Å²) < 4.78 is 66.0. The summed E-state index contributed by atoms with van der Waals surface area (Å²) in [6, 6.07) is 4.12. The minimum absolute atomic E-state index is 0.0440. The van der Waals surface area contributed by atoms with E-state index in [9.17, 15) is 27.2 Å². The molecule has 0 fully saturated rings. The molecule has 0 aliphatic rings. The van der Waals surface area contributed by atoms with Gasteiger partial charge in [-0.25, -0.2) is 14.0 Å². The Morgan fingerprint density at radius 2 is 1.46 bits per heavy atom. The molecule has 0 unspecified atom stereocenters. The van der Waals surface area contributed by atoms with Crippen LogP contribution in [0.15, 0.2) is 28.7 Å². The Morgan fingerprint density at radius 1 is 0.958 bits per heavy atom.